The van der Waals surface area contributed by atoms with Crippen molar-refractivity contribution in [1.29, 1.82) is 5.26 Å². The topological polar surface area (TPSA) is 118 Å². The molecule has 0 unspecified atom stereocenters. The first-order valence-electron chi connectivity index (χ1n) is 14.7. The first kappa shape index (κ1) is 33.7. The fourth-order valence-corrected chi connectivity index (χ4v) is 6.03. The molecule has 3 aromatic carbocycles. The average Bonchev–Trinajstić information content (AvgIpc) is 3.43. The SMILES string of the molecule is CCS(=O)(=O)c1ccc([C@H](CC#N)NC(=O)c2ccc(N3C[C@@H](Oc4ccc(OC(C)C)cc4)C[C@H]3COC(F)F)cc2)cc1. The number of rotatable bonds is 14. The van der Waals surface area contributed by atoms with Crippen LogP contribution in [0.1, 0.15) is 55.6 Å². The van der Waals surface area contributed by atoms with Crippen LogP contribution in [0.5, 0.6) is 11.5 Å². The monoisotopic (exact) mass is 641 g/mol. The van der Waals surface area contributed by atoms with E-state index >= 15 is 0 Å². The van der Waals surface area contributed by atoms with Crippen LogP contribution in [0.3, 0.4) is 0 Å². The molecule has 0 saturated carbocycles. The first-order chi connectivity index (χ1) is 21.5. The summed E-state index contributed by atoms with van der Waals surface area (Å²) in [5.74, 6) is 0.898. The highest BCUT2D eigenvalue weighted by Gasteiger charge is 2.34. The van der Waals surface area contributed by atoms with Gasteiger partial charge in [-0.05, 0) is 80.1 Å². The normalized spacial score (nSPS) is 17.2. The lowest BCUT2D eigenvalue weighted by atomic mass is 10.0. The van der Waals surface area contributed by atoms with Crippen molar-refractivity contribution in [2.45, 2.75) is 69.4 Å². The van der Waals surface area contributed by atoms with Gasteiger partial charge in [0, 0.05) is 17.7 Å². The number of benzene rings is 3. The molecule has 1 saturated heterocycles. The summed E-state index contributed by atoms with van der Waals surface area (Å²) in [6, 6.07) is 21.1. The van der Waals surface area contributed by atoms with Crippen molar-refractivity contribution in [3.63, 3.8) is 0 Å². The third-order valence-electron chi connectivity index (χ3n) is 7.37. The van der Waals surface area contributed by atoms with E-state index in [1.165, 1.54) is 12.1 Å². The molecule has 1 heterocycles. The smallest absolute Gasteiger partial charge is 0.345 e. The lowest BCUT2D eigenvalue weighted by Crippen LogP contribution is -2.34. The highest BCUT2D eigenvalue weighted by atomic mass is 32.2. The maximum atomic E-state index is 13.1. The van der Waals surface area contributed by atoms with E-state index in [0.717, 1.165) is 5.75 Å². The number of sulfone groups is 1. The standard InChI is InChI=1S/C33H37F2N3O6S/c1-4-45(40,41)30-15-7-23(8-16-30)31(17-18-36)37-32(39)24-5-9-25(10-6-24)38-20-29(19-26(38)21-42-33(34)35)44-28-13-11-27(12-14-28)43-22(2)3/h5-16,22,26,29,31,33H,4,17,19-21H2,1-3H3,(H,37,39)/t26-,29-,31-/m0/s1. The summed E-state index contributed by atoms with van der Waals surface area (Å²) < 4.78 is 66.6. The number of ether oxygens (including phenoxy) is 3. The number of halogens is 2. The van der Waals surface area contributed by atoms with E-state index in [4.69, 9.17) is 9.47 Å². The van der Waals surface area contributed by atoms with Crippen LogP contribution in [0.2, 0.25) is 0 Å². The van der Waals surface area contributed by atoms with Crippen molar-refractivity contribution < 1.29 is 36.2 Å². The van der Waals surface area contributed by atoms with Crippen molar-refractivity contribution >= 4 is 21.4 Å². The second-order valence-corrected chi connectivity index (χ2v) is 13.2. The molecule has 3 atom stereocenters. The highest BCUT2D eigenvalue weighted by molar-refractivity contribution is 7.91. The molecule has 0 radical (unpaired) electrons. The molecule has 9 nitrogen and oxygen atoms in total. The Morgan fingerprint density at radius 3 is 2.24 bits per heavy atom. The summed E-state index contributed by atoms with van der Waals surface area (Å²) >= 11 is 0. The van der Waals surface area contributed by atoms with E-state index in [1.807, 2.05) is 30.9 Å². The Balaban J connectivity index is 1.44. The molecular formula is C33H37F2N3O6S. The Morgan fingerprint density at radius 1 is 1.02 bits per heavy atom. The summed E-state index contributed by atoms with van der Waals surface area (Å²) in [6.45, 7) is 2.75. The van der Waals surface area contributed by atoms with Crippen LogP contribution < -0.4 is 19.7 Å². The number of alkyl halides is 2. The first-order valence-corrected chi connectivity index (χ1v) is 16.3. The van der Waals surface area contributed by atoms with Gasteiger partial charge in [-0.3, -0.25) is 4.79 Å². The summed E-state index contributed by atoms with van der Waals surface area (Å²) in [7, 11) is -3.38. The summed E-state index contributed by atoms with van der Waals surface area (Å²) in [5.41, 5.74) is 1.65. The molecule has 0 bridgehead atoms. The van der Waals surface area contributed by atoms with E-state index in [0.29, 0.717) is 35.5 Å². The molecule has 0 aliphatic carbocycles. The lowest BCUT2D eigenvalue weighted by molar-refractivity contribution is -0.131. The average molecular weight is 642 g/mol. The zero-order chi connectivity index (χ0) is 32.6. The molecule has 240 valence electrons. The number of carbonyl (C=O) groups excluding carboxylic acids is 1. The Bertz CT molecular complexity index is 1560. The van der Waals surface area contributed by atoms with Gasteiger partial charge in [0.2, 0.25) is 0 Å². The summed E-state index contributed by atoms with van der Waals surface area (Å²) in [4.78, 5) is 15.2. The molecule has 12 heteroatoms. The zero-order valence-electron chi connectivity index (χ0n) is 25.4. The van der Waals surface area contributed by atoms with E-state index in [-0.39, 0.29) is 41.9 Å². The fraction of sp³-hybridized carbons (Fsp3) is 0.394. The molecule has 1 N–H and O–H groups in total. The van der Waals surface area contributed by atoms with Gasteiger partial charge in [-0.2, -0.15) is 14.0 Å². The van der Waals surface area contributed by atoms with Crippen molar-refractivity contribution in [3.8, 4) is 17.6 Å². The Kier molecular flexibility index (Phi) is 11.4. The van der Waals surface area contributed by atoms with Gasteiger partial charge in [-0.25, -0.2) is 8.42 Å². The van der Waals surface area contributed by atoms with Gasteiger partial charge in [-0.1, -0.05) is 19.1 Å². The minimum atomic E-state index is -3.38. The van der Waals surface area contributed by atoms with Gasteiger partial charge in [0.25, 0.3) is 5.91 Å². The number of nitrogens with one attached hydrogen (secondary N) is 1. The summed E-state index contributed by atoms with van der Waals surface area (Å²) in [5, 5.41) is 12.2. The molecule has 0 spiro atoms. The number of amides is 1. The Morgan fingerprint density at radius 2 is 1.67 bits per heavy atom. The third kappa shape index (κ3) is 9.15. The van der Waals surface area contributed by atoms with Gasteiger partial charge in [0.15, 0.2) is 9.84 Å². The summed E-state index contributed by atoms with van der Waals surface area (Å²) in [6.07, 6.45) is 0.186. The number of anilines is 1. The quantitative estimate of drug-likeness (QED) is 0.231. The molecule has 1 fully saturated rings. The molecule has 0 aromatic heterocycles. The largest absolute Gasteiger partial charge is 0.491 e. The van der Waals surface area contributed by atoms with Crippen LogP contribution in [-0.2, 0) is 14.6 Å². The lowest BCUT2D eigenvalue weighted by Gasteiger charge is -2.26. The molecular weight excluding hydrogens is 604 g/mol. The number of hydrogen-bond acceptors (Lipinski definition) is 8. The Labute approximate surface area is 262 Å². The zero-order valence-corrected chi connectivity index (χ0v) is 26.2. The minimum absolute atomic E-state index is 0.0157. The number of hydrogen-bond donors (Lipinski definition) is 1. The van der Waals surface area contributed by atoms with Gasteiger partial charge >= 0.3 is 6.61 Å². The van der Waals surface area contributed by atoms with Crippen LogP contribution in [0.4, 0.5) is 14.5 Å². The van der Waals surface area contributed by atoms with Crippen molar-refractivity contribution in [1.82, 2.24) is 5.32 Å². The van der Waals surface area contributed by atoms with Crippen LogP contribution in [0, 0.1) is 11.3 Å². The molecule has 1 amide bonds. The maximum absolute atomic E-state index is 13.1. The van der Waals surface area contributed by atoms with Crippen molar-refractivity contribution in [2.24, 2.45) is 0 Å². The highest BCUT2D eigenvalue weighted by Crippen LogP contribution is 2.30. The van der Waals surface area contributed by atoms with Gasteiger partial charge in [0.05, 0.1) is 54.5 Å². The predicted octanol–water partition coefficient (Wildman–Crippen LogP) is 5.92. The van der Waals surface area contributed by atoms with Gasteiger partial charge in [-0.15, -0.1) is 0 Å². The van der Waals surface area contributed by atoms with E-state index < -0.39 is 28.4 Å². The van der Waals surface area contributed by atoms with Crippen molar-refractivity contribution in [2.75, 3.05) is 23.8 Å². The van der Waals surface area contributed by atoms with E-state index in [2.05, 4.69) is 16.1 Å². The number of nitrogens with zero attached hydrogens (tertiary/aromatic N) is 2. The predicted molar refractivity (Wildman–Crippen MR) is 165 cm³/mol. The second kappa shape index (κ2) is 15.2. The van der Waals surface area contributed by atoms with Crippen LogP contribution in [0.25, 0.3) is 0 Å². The second-order valence-electron chi connectivity index (χ2n) is 10.9. The van der Waals surface area contributed by atoms with E-state index in [1.54, 1.807) is 55.5 Å². The maximum Gasteiger partial charge on any atom is 0.345 e. The minimum Gasteiger partial charge on any atom is -0.491 e. The Hall–Kier alpha value is -4.21. The fourth-order valence-electron chi connectivity index (χ4n) is 5.14. The van der Waals surface area contributed by atoms with Gasteiger partial charge in [0.1, 0.15) is 17.6 Å². The van der Waals surface area contributed by atoms with Gasteiger partial charge < -0.3 is 24.4 Å². The number of nitriles is 1. The van der Waals surface area contributed by atoms with Crippen molar-refractivity contribution in [3.05, 3.63) is 83.9 Å². The molecule has 4 rings (SSSR count). The third-order valence-corrected chi connectivity index (χ3v) is 9.12. The molecule has 3 aromatic rings. The van der Waals surface area contributed by atoms with Crippen LogP contribution in [-0.4, -0.2) is 58.1 Å². The van der Waals surface area contributed by atoms with E-state index in [9.17, 15) is 27.3 Å². The molecule has 1 aliphatic heterocycles. The van der Waals surface area contributed by atoms with Crippen LogP contribution >= 0.6 is 0 Å². The number of carbonyl (C=O) groups is 1. The molecule has 1 aliphatic rings. The molecule has 45 heavy (non-hydrogen) atoms. The van der Waals surface area contributed by atoms with Crippen LogP contribution in [0.15, 0.2) is 77.7 Å².